The smallest absolute Gasteiger partial charge is 0.170 e. The molecular formula is C13H14N2O2S. The van der Waals surface area contributed by atoms with Crippen molar-refractivity contribution in [1.29, 1.82) is 0 Å². The van der Waals surface area contributed by atoms with Crippen LogP contribution >= 0.6 is 11.3 Å². The molecule has 1 aromatic carbocycles. The highest BCUT2D eigenvalue weighted by atomic mass is 32.1. The highest BCUT2D eigenvalue weighted by Gasteiger charge is 2.05. The second kappa shape index (κ2) is 5.55. The molecule has 0 saturated heterocycles. The van der Waals surface area contributed by atoms with E-state index in [1.807, 2.05) is 36.6 Å². The number of amidine groups is 1. The van der Waals surface area contributed by atoms with Gasteiger partial charge in [0.25, 0.3) is 0 Å². The van der Waals surface area contributed by atoms with Gasteiger partial charge in [-0.15, -0.1) is 11.3 Å². The molecular weight excluding hydrogens is 248 g/mol. The van der Waals surface area contributed by atoms with Crippen LogP contribution in [0.25, 0.3) is 0 Å². The molecule has 1 heterocycles. The topological polar surface area (TPSA) is 67.8 Å². The van der Waals surface area contributed by atoms with Crippen LogP contribution in [-0.2, 0) is 6.61 Å². The molecule has 18 heavy (non-hydrogen) atoms. The lowest BCUT2D eigenvalue weighted by Gasteiger charge is -2.09. The molecule has 2 aromatic rings. The van der Waals surface area contributed by atoms with Gasteiger partial charge < -0.3 is 15.7 Å². The van der Waals surface area contributed by atoms with E-state index in [2.05, 4.69) is 5.16 Å². The number of hydrogen-bond donors (Lipinski definition) is 2. The van der Waals surface area contributed by atoms with E-state index in [1.165, 1.54) is 4.88 Å². The van der Waals surface area contributed by atoms with Gasteiger partial charge in [-0.05, 0) is 42.1 Å². The first kappa shape index (κ1) is 12.4. The van der Waals surface area contributed by atoms with Crippen molar-refractivity contribution in [2.45, 2.75) is 13.5 Å². The Morgan fingerprint density at radius 2 is 2.28 bits per heavy atom. The number of nitrogens with zero attached hydrogens (tertiary/aromatic N) is 1. The minimum Gasteiger partial charge on any atom is -0.488 e. The van der Waals surface area contributed by atoms with Crippen molar-refractivity contribution in [1.82, 2.24) is 0 Å². The van der Waals surface area contributed by atoms with E-state index in [1.54, 1.807) is 17.4 Å². The lowest BCUT2D eigenvalue weighted by atomic mass is 10.1. The molecule has 0 unspecified atom stereocenters. The zero-order chi connectivity index (χ0) is 13.0. The molecule has 5 heteroatoms. The number of nitrogens with two attached hydrogens (primary N) is 1. The molecule has 0 spiro atoms. The summed E-state index contributed by atoms with van der Waals surface area (Å²) < 4.78 is 5.72. The third-order valence-corrected chi connectivity index (χ3v) is 3.38. The van der Waals surface area contributed by atoms with E-state index in [0.717, 1.165) is 11.3 Å². The lowest BCUT2D eigenvalue weighted by molar-refractivity contribution is 0.307. The fourth-order valence-electron chi connectivity index (χ4n) is 1.57. The average molecular weight is 262 g/mol. The number of oxime groups is 1. The molecule has 4 nitrogen and oxygen atoms in total. The summed E-state index contributed by atoms with van der Waals surface area (Å²) in [6.07, 6.45) is 0. The number of benzene rings is 1. The molecule has 0 atom stereocenters. The van der Waals surface area contributed by atoms with Crippen LogP contribution in [0.1, 0.15) is 16.0 Å². The van der Waals surface area contributed by atoms with Gasteiger partial charge in [-0.3, -0.25) is 0 Å². The van der Waals surface area contributed by atoms with E-state index in [4.69, 9.17) is 15.7 Å². The molecule has 0 saturated carbocycles. The number of hydrogen-bond acceptors (Lipinski definition) is 4. The molecule has 0 fully saturated rings. The predicted octanol–water partition coefficient (Wildman–Crippen LogP) is 2.73. The van der Waals surface area contributed by atoms with Crippen LogP contribution in [0.3, 0.4) is 0 Å². The van der Waals surface area contributed by atoms with Gasteiger partial charge in [0, 0.05) is 10.4 Å². The zero-order valence-electron chi connectivity index (χ0n) is 9.96. The second-order valence-corrected chi connectivity index (χ2v) is 4.87. The first-order valence-electron chi connectivity index (χ1n) is 5.44. The van der Waals surface area contributed by atoms with Crippen molar-refractivity contribution in [3.8, 4) is 5.75 Å². The predicted molar refractivity (Wildman–Crippen MR) is 72.3 cm³/mol. The van der Waals surface area contributed by atoms with E-state index in [9.17, 15) is 0 Å². The fraction of sp³-hybridized carbons (Fsp3) is 0.154. The highest BCUT2D eigenvalue weighted by molar-refractivity contribution is 7.09. The number of thiophene rings is 1. The van der Waals surface area contributed by atoms with Gasteiger partial charge in [0.15, 0.2) is 5.84 Å². The second-order valence-electron chi connectivity index (χ2n) is 3.83. The maximum atomic E-state index is 8.61. The van der Waals surface area contributed by atoms with Crippen LogP contribution in [0.2, 0.25) is 0 Å². The Labute approximate surface area is 109 Å². The van der Waals surface area contributed by atoms with Gasteiger partial charge >= 0.3 is 0 Å². The third-order valence-electron chi connectivity index (χ3n) is 2.53. The Balaban J connectivity index is 2.10. The SMILES string of the molecule is Cc1cc(C(N)=NO)ccc1OCc1cccs1. The molecule has 1 aromatic heterocycles. The minimum atomic E-state index is 0.0999. The van der Waals surface area contributed by atoms with E-state index in [0.29, 0.717) is 12.2 Å². The Morgan fingerprint density at radius 3 is 2.89 bits per heavy atom. The van der Waals surface area contributed by atoms with Crippen LogP contribution in [0, 0.1) is 6.92 Å². The van der Waals surface area contributed by atoms with Gasteiger partial charge in [0.1, 0.15) is 12.4 Å². The Hall–Kier alpha value is -2.01. The monoisotopic (exact) mass is 262 g/mol. The molecule has 0 aliphatic carbocycles. The van der Waals surface area contributed by atoms with E-state index in [-0.39, 0.29) is 5.84 Å². The first-order chi connectivity index (χ1) is 8.70. The van der Waals surface area contributed by atoms with E-state index < -0.39 is 0 Å². The number of rotatable bonds is 4. The van der Waals surface area contributed by atoms with Crippen molar-refractivity contribution in [2.24, 2.45) is 10.9 Å². The molecule has 3 N–H and O–H groups in total. The quantitative estimate of drug-likeness (QED) is 0.385. The summed E-state index contributed by atoms with van der Waals surface area (Å²) in [5.41, 5.74) is 7.16. The largest absolute Gasteiger partial charge is 0.488 e. The summed E-state index contributed by atoms with van der Waals surface area (Å²) in [5.74, 6) is 0.904. The summed E-state index contributed by atoms with van der Waals surface area (Å²) in [7, 11) is 0. The average Bonchev–Trinajstić information content (AvgIpc) is 2.89. The fourth-order valence-corrected chi connectivity index (χ4v) is 2.19. The van der Waals surface area contributed by atoms with Gasteiger partial charge in [0.2, 0.25) is 0 Å². The third kappa shape index (κ3) is 2.81. The number of ether oxygens (including phenoxy) is 1. The van der Waals surface area contributed by atoms with Gasteiger partial charge in [-0.25, -0.2) is 0 Å². The van der Waals surface area contributed by atoms with Crippen molar-refractivity contribution in [2.75, 3.05) is 0 Å². The molecule has 2 rings (SSSR count). The summed E-state index contributed by atoms with van der Waals surface area (Å²) in [6.45, 7) is 2.49. The van der Waals surface area contributed by atoms with Crippen molar-refractivity contribution >= 4 is 17.2 Å². The zero-order valence-corrected chi connectivity index (χ0v) is 10.8. The van der Waals surface area contributed by atoms with Gasteiger partial charge in [0.05, 0.1) is 0 Å². The Bertz CT molecular complexity index is 550. The standard InChI is InChI=1S/C13H14N2O2S/c1-9-7-10(13(14)15-16)4-5-12(9)17-8-11-3-2-6-18-11/h2-7,16H,8H2,1H3,(H2,14,15). The summed E-state index contributed by atoms with van der Waals surface area (Å²) in [5, 5.41) is 13.6. The van der Waals surface area contributed by atoms with Crippen LogP contribution < -0.4 is 10.5 Å². The van der Waals surface area contributed by atoms with Crippen LogP contribution in [0.4, 0.5) is 0 Å². The Morgan fingerprint density at radius 1 is 1.44 bits per heavy atom. The molecule has 0 radical (unpaired) electrons. The van der Waals surface area contributed by atoms with Gasteiger partial charge in [-0.1, -0.05) is 11.2 Å². The first-order valence-corrected chi connectivity index (χ1v) is 6.32. The molecule has 0 amide bonds. The minimum absolute atomic E-state index is 0.0999. The Kier molecular flexibility index (Phi) is 3.84. The highest BCUT2D eigenvalue weighted by Crippen LogP contribution is 2.21. The lowest BCUT2D eigenvalue weighted by Crippen LogP contribution is -2.13. The number of aryl methyl sites for hydroxylation is 1. The maximum Gasteiger partial charge on any atom is 0.170 e. The van der Waals surface area contributed by atoms with Gasteiger partial charge in [-0.2, -0.15) is 0 Å². The molecule has 0 aliphatic rings. The van der Waals surface area contributed by atoms with Crippen LogP contribution in [0.5, 0.6) is 5.75 Å². The van der Waals surface area contributed by atoms with Crippen LogP contribution in [0.15, 0.2) is 40.9 Å². The molecule has 0 bridgehead atoms. The summed E-state index contributed by atoms with van der Waals surface area (Å²) in [6, 6.07) is 9.46. The molecule has 0 aliphatic heterocycles. The van der Waals surface area contributed by atoms with Crippen molar-refractivity contribution < 1.29 is 9.94 Å². The normalized spacial score (nSPS) is 11.5. The van der Waals surface area contributed by atoms with Crippen molar-refractivity contribution in [3.05, 3.63) is 51.7 Å². The summed E-state index contributed by atoms with van der Waals surface area (Å²) >= 11 is 1.66. The van der Waals surface area contributed by atoms with Crippen molar-refractivity contribution in [3.63, 3.8) is 0 Å². The van der Waals surface area contributed by atoms with Crippen LogP contribution in [-0.4, -0.2) is 11.0 Å². The van der Waals surface area contributed by atoms with E-state index >= 15 is 0 Å². The summed E-state index contributed by atoms with van der Waals surface area (Å²) in [4.78, 5) is 1.18. The molecule has 94 valence electrons. The maximum absolute atomic E-state index is 8.61.